The van der Waals surface area contributed by atoms with Gasteiger partial charge in [-0.05, 0) is 61.6 Å². The molecule has 0 fully saturated rings. The topological polar surface area (TPSA) is 58.6 Å². The Morgan fingerprint density at radius 3 is 2.47 bits per heavy atom. The van der Waals surface area contributed by atoms with Gasteiger partial charge in [0.25, 0.3) is 5.91 Å². The molecule has 0 aliphatic heterocycles. The highest BCUT2D eigenvalue weighted by atomic mass is 79.9. The molecule has 0 aromatic heterocycles. The summed E-state index contributed by atoms with van der Waals surface area (Å²) in [6.07, 6.45) is 1.38. The highest BCUT2D eigenvalue weighted by Crippen LogP contribution is 2.22. The van der Waals surface area contributed by atoms with Gasteiger partial charge < -0.3 is 15.0 Å². The average molecular weight is 475 g/mol. The maximum Gasteiger partial charge on any atom is 0.261 e. The molecular weight excluding hydrogens is 444 g/mol. The highest BCUT2D eigenvalue weighted by Gasteiger charge is 2.29. The fourth-order valence-electron chi connectivity index (χ4n) is 3.19. The van der Waals surface area contributed by atoms with Gasteiger partial charge in [-0.15, -0.1) is 0 Å². The van der Waals surface area contributed by atoms with Gasteiger partial charge in [0, 0.05) is 17.6 Å². The maximum atomic E-state index is 13.2. The molecule has 1 N–H and O–H groups in total. The molecule has 2 aromatic carbocycles. The van der Waals surface area contributed by atoms with Crippen molar-refractivity contribution < 1.29 is 14.3 Å². The zero-order valence-corrected chi connectivity index (χ0v) is 19.8. The van der Waals surface area contributed by atoms with Crippen molar-refractivity contribution >= 4 is 27.7 Å². The molecule has 0 bridgehead atoms. The third-order valence-corrected chi connectivity index (χ3v) is 5.92. The third kappa shape index (κ3) is 6.59. The Balaban J connectivity index is 2.21. The maximum absolute atomic E-state index is 13.2. The van der Waals surface area contributed by atoms with E-state index in [4.69, 9.17) is 4.74 Å². The van der Waals surface area contributed by atoms with Gasteiger partial charge in [-0.2, -0.15) is 0 Å². The second-order valence-electron chi connectivity index (χ2n) is 7.36. The predicted octanol–water partition coefficient (Wildman–Crippen LogP) is 4.78. The van der Waals surface area contributed by atoms with Crippen molar-refractivity contribution in [3.63, 3.8) is 0 Å². The van der Waals surface area contributed by atoms with Gasteiger partial charge >= 0.3 is 0 Å². The SMILES string of the molecule is CCCNC(=O)C(CC)N(Cc1ccccc1C)C(=O)COc1ccc(Br)c(C)c1. The van der Waals surface area contributed by atoms with Crippen molar-refractivity contribution in [2.45, 2.75) is 53.1 Å². The smallest absolute Gasteiger partial charge is 0.261 e. The van der Waals surface area contributed by atoms with E-state index in [1.807, 2.05) is 70.2 Å². The normalized spacial score (nSPS) is 11.6. The number of carbonyl (C=O) groups is 2. The summed E-state index contributed by atoms with van der Waals surface area (Å²) in [6.45, 7) is 8.75. The quantitative estimate of drug-likeness (QED) is 0.538. The van der Waals surface area contributed by atoms with Crippen molar-refractivity contribution in [3.05, 3.63) is 63.6 Å². The minimum atomic E-state index is -0.543. The first-order valence-corrected chi connectivity index (χ1v) is 11.2. The van der Waals surface area contributed by atoms with E-state index in [0.717, 1.165) is 27.6 Å². The van der Waals surface area contributed by atoms with E-state index in [9.17, 15) is 9.59 Å². The van der Waals surface area contributed by atoms with E-state index < -0.39 is 6.04 Å². The van der Waals surface area contributed by atoms with Gasteiger partial charge in [-0.25, -0.2) is 0 Å². The number of nitrogens with one attached hydrogen (secondary N) is 1. The van der Waals surface area contributed by atoms with Crippen LogP contribution in [0.5, 0.6) is 5.75 Å². The van der Waals surface area contributed by atoms with Gasteiger partial charge in [-0.3, -0.25) is 9.59 Å². The first kappa shape index (κ1) is 23.9. The third-order valence-electron chi connectivity index (χ3n) is 5.03. The Morgan fingerprint density at radius 2 is 1.83 bits per heavy atom. The molecule has 162 valence electrons. The van der Waals surface area contributed by atoms with E-state index in [1.54, 1.807) is 4.90 Å². The van der Waals surface area contributed by atoms with Crippen molar-refractivity contribution in [1.29, 1.82) is 0 Å². The Bertz CT molecular complexity index is 869. The monoisotopic (exact) mass is 474 g/mol. The summed E-state index contributed by atoms with van der Waals surface area (Å²) in [6, 6.07) is 13.0. The molecule has 30 heavy (non-hydrogen) atoms. The van der Waals surface area contributed by atoms with E-state index in [1.165, 1.54) is 0 Å². The summed E-state index contributed by atoms with van der Waals surface area (Å²) in [7, 11) is 0. The number of hydrogen-bond donors (Lipinski definition) is 1. The van der Waals surface area contributed by atoms with Crippen LogP contribution in [0.15, 0.2) is 46.9 Å². The van der Waals surface area contributed by atoms with E-state index in [2.05, 4.69) is 21.2 Å². The molecule has 1 atom stereocenters. The minimum absolute atomic E-state index is 0.121. The van der Waals surface area contributed by atoms with Crippen LogP contribution in [0.25, 0.3) is 0 Å². The van der Waals surface area contributed by atoms with Crippen LogP contribution >= 0.6 is 15.9 Å². The number of rotatable bonds is 10. The fraction of sp³-hybridized carbons (Fsp3) is 0.417. The summed E-state index contributed by atoms with van der Waals surface area (Å²) >= 11 is 3.47. The Hall–Kier alpha value is -2.34. The van der Waals surface area contributed by atoms with Crippen LogP contribution < -0.4 is 10.1 Å². The average Bonchev–Trinajstić information content (AvgIpc) is 2.74. The molecule has 5 nitrogen and oxygen atoms in total. The van der Waals surface area contributed by atoms with Gasteiger partial charge in [0.1, 0.15) is 11.8 Å². The molecular formula is C24H31BrN2O3. The lowest BCUT2D eigenvalue weighted by Gasteiger charge is -2.31. The van der Waals surface area contributed by atoms with E-state index >= 15 is 0 Å². The molecule has 0 heterocycles. The number of halogens is 1. The molecule has 0 saturated heterocycles. The summed E-state index contributed by atoms with van der Waals surface area (Å²) in [5, 5.41) is 2.93. The van der Waals surface area contributed by atoms with Crippen LogP contribution in [0.4, 0.5) is 0 Å². The lowest BCUT2D eigenvalue weighted by molar-refractivity contribution is -0.143. The van der Waals surface area contributed by atoms with Crippen molar-refractivity contribution in [1.82, 2.24) is 10.2 Å². The summed E-state index contributed by atoms with van der Waals surface area (Å²) in [4.78, 5) is 27.6. The number of hydrogen-bond acceptors (Lipinski definition) is 3. The highest BCUT2D eigenvalue weighted by molar-refractivity contribution is 9.10. The van der Waals surface area contributed by atoms with Crippen molar-refractivity contribution in [2.24, 2.45) is 0 Å². The molecule has 6 heteroatoms. The van der Waals surface area contributed by atoms with Gasteiger partial charge in [0.2, 0.25) is 5.91 Å². The number of benzene rings is 2. The Labute approximate surface area is 187 Å². The lowest BCUT2D eigenvalue weighted by Crippen LogP contribution is -2.50. The zero-order chi connectivity index (χ0) is 22.1. The van der Waals surface area contributed by atoms with Gasteiger partial charge in [0.15, 0.2) is 6.61 Å². The molecule has 0 aliphatic carbocycles. The molecule has 0 aliphatic rings. The second kappa shape index (κ2) is 11.7. The summed E-state index contributed by atoms with van der Waals surface area (Å²) in [5.41, 5.74) is 3.14. The van der Waals surface area contributed by atoms with Crippen molar-refractivity contribution in [2.75, 3.05) is 13.2 Å². The van der Waals surface area contributed by atoms with E-state index in [-0.39, 0.29) is 18.4 Å². The Kier molecular flexibility index (Phi) is 9.37. The minimum Gasteiger partial charge on any atom is -0.484 e. The summed E-state index contributed by atoms with van der Waals surface area (Å²) < 4.78 is 6.75. The predicted molar refractivity (Wildman–Crippen MR) is 123 cm³/mol. The number of nitrogens with zero attached hydrogens (tertiary/aromatic N) is 1. The van der Waals surface area contributed by atoms with Crippen LogP contribution in [0.3, 0.4) is 0 Å². The van der Waals surface area contributed by atoms with Crippen LogP contribution in [-0.2, 0) is 16.1 Å². The van der Waals surface area contributed by atoms with E-state index in [0.29, 0.717) is 25.3 Å². The number of aryl methyl sites for hydroxylation is 2. The molecule has 0 radical (unpaired) electrons. The van der Waals surface area contributed by atoms with Crippen LogP contribution in [0, 0.1) is 13.8 Å². The van der Waals surface area contributed by atoms with Gasteiger partial charge in [-0.1, -0.05) is 54.0 Å². The first-order valence-electron chi connectivity index (χ1n) is 10.4. The first-order chi connectivity index (χ1) is 14.4. The molecule has 0 spiro atoms. The van der Waals surface area contributed by atoms with Crippen LogP contribution in [-0.4, -0.2) is 35.9 Å². The fourth-order valence-corrected chi connectivity index (χ4v) is 3.44. The molecule has 2 amide bonds. The molecule has 2 aromatic rings. The molecule has 2 rings (SSSR count). The van der Waals surface area contributed by atoms with Crippen molar-refractivity contribution in [3.8, 4) is 5.75 Å². The lowest BCUT2D eigenvalue weighted by atomic mass is 10.1. The number of ether oxygens (including phenoxy) is 1. The second-order valence-corrected chi connectivity index (χ2v) is 8.22. The standard InChI is InChI=1S/C24H31BrN2O3/c1-5-13-26-24(29)22(6-2)27(15-19-10-8-7-9-17(19)3)23(28)16-30-20-11-12-21(25)18(4)14-20/h7-12,14,22H,5-6,13,15-16H2,1-4H3,(H,26,29). The number of carbonyl (C=O) groups excluding carboxylic acids is 2. The molecule has 0 saturated carbocycles. The van der Waals surface area contributed by atoms with Crippen LogP contribution in [0.2, 0.25) is 0 Å². The largest absolute Gasteiger partial charge is 0.484 e. The van der Waals surface area contributed by atoms with Gasteiger partial charge in [0.05, 0.1) is 0 Å². The Morgan fingerprint density at radius 1 is 1.10 bits per heavy atom. The molecule has 1 unspecified atom stereocenters. The zero-order valence-electron chi connectivity index (χ0n) is 18.2. The summed E-state index contributed by atoms with van der Waals surface area (Å²) in [5.74, 6) is 0.293. The number of amides is 2. The van der Waals surface area contributed by atoms with Crippen LogP contribution in [0.1, 0.15) is 43.4 Å².